The largest absolute Gasteiger partial charge is 0.469 e. The predicted octanol–water partition coefficient (Wildman–Crippen LogP) is 6.10. The third-order valence-corrected chi connectivity index (χ3v) is 6.54. The fraction of sp³-hybridized carbons (Fsp3) is 0.560. The van der Waals surface area contributed by atoms with Crippen molar-refractivity contribution in [3.05, 3.63) is 59.0 Å². The van der Waals surface area contributed by atoms with E-state index in [2.05, 4.69) is 45.1 Å². The maximum atomic E-state index is 13.0. The number of furan rings is 1. The van der Waals surface area contributed by atoms with Crippen LogP contribution in [0.4, 0.5) is 0 Å². The zero-order chi connectivity index (χ0) is 21.8. The van der Waals surface area contributed by atoms with Crippen molar-refractivity contribution in [3.8, 4) is 0 Å². The van der Waals surface area contributed by atoms with Crippen molar-refractivity contribution in [2.45, 2.75) is 70.3 Å². The Morgan fingerprint density at radius 2 is 1.93 bits per heavy atom. The second kappa shape index (κ2) is 9.57. The summed E-state index contributed by atoms with van der Waals surface area (Å²) in [7, 11) is 0. The Balaban J connectivity index is 1.67. The van der Waals surface area contributed by atoms with E-state index in [1.807, 2.05) is 24.3 Å². The molecule has 1 saturated heterocycles. The van der Waals surface area contributed by atoms with Crippen LogP contribution in [-0.2, 0) is 14.9 Å². The molecule has 1 aliphatic rings. The van der Waals surface area contributed by atoms with E-state index >= 15 is 0 Å². The first kappa shape index (κ1) is 22.9. The van der Waals surface area contributed by atoms with Crippen LogP contribution < -0.4 is 5.32 Å². The van der Waals surface area contributed by atoms with Crippen molar-refractivity contribution < 1.29 is 13.9 Å². The number of amides is 1. The van der Waals surface area contributed by atoms with E-state index in [0.717, 1.165) is 30.6 Å². The second-order valence-electron chi connectivity index (χ2n) is 9.50. The highest BCUT2D eigenvalue weighted by atomic mass is 35.5. The number of halogens is 1. The Morgan fingerprint density at radius 3 is 2.53 bits per heavy atom. The lowest BCUT2D eigenvalue weighted by atomic mass is 9.67. The molecule has 1 N–H and O–H groups in total. The highest BCUT2D eigenvalue weighted by Crippen LogP contribution is 2.44. The minimum absolute atomic E-state index is 0.0876. The van der Waals surface area contributed by atoms with Gasteiger partial charge in [-0.3, -0.25) is 4.79 Å². The van der Waals surface area contributed by atoms with Gasteiger partial charge in [-0.25, -0.2) is 0 Å². The zero-order valence-corrected chi connectivity index (χ0v) is 19.3. The lowest BCUT2D eigenvalue weighted by Gasteiger charge is -2.45. The Hall–Kier alpha value is -1.78. The van der Waals surface area contributed by atoms with Gasteiger partial charge in [-0.2, -0.15) is 0 Å². The topological polar surface area (TPSA) is 51.5 Å². The van der Waals surface area contributed by atoms with Crippen molar-refractivity contribution in [2.75, 3.05) is 13.2 Å². The maximum absolute atomic E-state index is 13.0. The van der Waals surface area contributed by atoms with Gasteiger partial charge in [0.1, 0.15) is 5.76 Å². The average Bonchev–Trinajstić information content (AvgIpc) is 3.18. The fourth-order valence-corrected chi connectivity index (χ4v) is 4.95. The van der Waals surface area contributed by atoms with E-state index in [4.69, 9.17) is 20.8 Å². The van der Waals surface area contributed by atoms with Gasteiger partial charge >= 0.3 is 0 Å². The lowest BCUT2D eigenvalue weighted by molar-refractivity contribution is -0.126. The van der Waals surface area contributed by atoms with Crippen LogP contribution in [-0.4, -0.2) is 24.7 Å². The van der Waals surface area contributed by atoms with Crippen molar-refractivity contribution in [1.82, 2.24) is 5.32 Å². The summed E-state index contributed by atoms with van der Waals surface area (Å²) in [5, 5.41) is 3.87. The molecule has 1 aromatic heterocycles. The predicted molar refractivity (Wildman–Crippen MR) is 121 cm³/mol. The molecular weight excluding hydrogens is 398 g/mol. The van der Waals surface area contributed by atoms with Crippen LogP contribution in [0.25, 0.3) is 0 Å². The van der Waals surface area contributed by atoms with E-state index < -0.39 is 0 Å². The van der Waals surface area contributed by atoms with E-state index in [9.17, 15) is 4.79 Å². The third kappa shape index (κ3) is 5.67. The normalized spacial score (nSPS) is 22.1. The highest BCUT2D eigenvalue weighted by molar-refractivity contribution is 6.30. The number of nitrogens with one attached hydrogen (secondary N) is 1. The van der Waals surface area contributed by atoms with Gasteiger partial charge < -0.3 is 14.5 Å². The van der Waals surface area contributed by atoms with E-state index in [-0.39, 0.29) is 16.9 Å². The standard InChI is InChI=1S/C25H34ClNO3/c1-18(2)21(22-6-5-14-29-22)11-13-27-23(28)16-25(12-15-30-24(3,4)17-25)19-7-9-20(26)10-8-19/h5-10,14,18,21H,11-13,15-17H2,1-4H3,(H,27,28)/t21-,25+/m0/s1. The molecule has 1 aromatic carbocycles. The third-order valence-electron chi connectivity index (χ3n) is 6.28. The van der Waals surface area contributed by atoms with Crippen LogP contribution in [0, 0.1) is 5.92 Å². The summed E-state index contributed by atoms with van der Waals surface area (Å²) in [6.45, 7) is 9.87. The zero-order valence-electron chi connectivity index (χ0n) is 18.5. The molecule has 5 heteroatoms. The first-order chi connectivity index (χ1) is 14.2. The van der Waals surface area contributed by atoms with E-state index in [0.29, 0.717) is 36.4 Å². The van der Waals surface area contributed by atoms with Crippen molar-refractivity contribution in [1.29, 1.82) is 0 Å². The van der Waals surface area contributed by atoms with Crippen molar-refractivity contribution in [3.63, 3.8) is 0 Å². The summed E-state index contributed by atoms with van der Waals surface area (Å²) < 4.78 is 11.6. The van der Waals surface area contributed by atoms with Gasteiger partial charge in [-0.05, 0) is 68.9 Å². The average molecular weight is 432 g/mol. The minimum atomic E-state index is -0.264. The summed E-state index contributed by atoms with van der Waals surface area (Å²) in [5.74, 6) is 1.82. The molecule has 2 heterocycles. The molecule has 0 bridgehead atoms. The molecule has 0 aliphatic carbocycles. The number of hydrogen-bond donors (Lipinski definition) is 1. The van der Waals surface area contributed by atoms with Gasteiger partial charge in [0.15, 0.2) is 0 Å². The smallest absolute Gasteiger partial charge is 0.220 e. The number of benzene rings is 1. The molecule has 2 aromatic rings. The number of carbonyl (C=O) groups is 1. The van der Waals surface area contributed by atoms with E-state index in [1.54, 1.807) is 6.26 Å². The van der Waals surface area contributed by atoms with Crippen LogP contribution in [0.15, 0.2) is 47.1 Å². The van der Waals surface area contributed by atoms with Gasteiger partial charge in [0, 0.05) is 35.9 Å². The molecule has 3 rings (SSSR count). The Bertz CT molecular complexity index is 813. The summed E-state index contributed by atoms with van der Waals surface area (Å²) in [6, 6.07) is 11.9. The second-order valence-corrected chi connectivity index (χ2v) is 9.94. The first-order valence-electron chi connectivity index (χ1n) is 10.9. The van der Waals surface area contributed by atoms with Gasteiger partial charge in [0.2, 0.25) is 5.91 Å². The monoisotopic (exact) mass is 431 g/mol. The summed E-state index contributed by atoms with van der Waals surface area (Å²) in [6.07, 6.45) is 4.66. The summed E-state index contributed by atoms with van der Waals surface area (Å²) in [4.78, 5) is 13.0. The van der Waals surface area contributed by atoms with E-state index in [1.165, 1.54) is 0 Å². The molecule has 0 radical (unpaired) electrons. The molecule has 2 atom stereocenters. The molecule has 0 unspecified atom stereocenters. The molecule has 1 aliphatic heterocycles. The first-order valence-corrected chi connectivity index (χ1v) is 11.3. The van der Waals surface area contributed by atoms with Crippen LogP contribution in [0.3, 0.4) is 0 Å². The van der Waals surface area contributed by atoms with Crippen LogP contribution in [0.1, 0.15) is 70.6 Å². The molecule has 30 heavy (non-hydrogen) atoms. The van der Waals surface area contributed by atoms with Crippen LogP contribution in [0.5, 0.6) is 0 Å². The van der Waals surface area contributed by atoms with Crippen LogP contribution in [0.2, 0.25) is 5.02 Å². The number of ether oxygens (including phenoxy) is 1. The Morgan fingerprint density at radius 1 is 1.20 bits per heavy atom. The Labute approximate surface area is 185 Å². The summed E-state index contributed by atoms with van der Waals surface area (Å²) in [5.41, 5.74) is 0.656. The van der Waals surface area contributed by atoms with Gasteiger partial charge in [0.05, 0.1) is 11.9 Å². The fourth-order valence-electron chi connectivity index (χ4n) is 4.82. The quantitative estimate of drug-likeness (QED) is 0.549. The molecule has 1 amide bonds. The van der Waals surface area contributed by atoms with Gasteiger partial charge in [-0.1, -0.05) is 37.6 Å². The molecule has 0 spiro atoms. The lowest BCUT2D eigenvalue weighted by Crippen LogP contribution is -2.46. The molecule has 1 fully saturated rings. The van der Waals surface area contributed by atoms with Crippen molar-refractivity contribution in [2.24, 2.45) is 5.92 Å². The number of carbonyl (C=O) groups excluding carboxylic acids is 1. The van der Waals surface area contributed by atoms with Gasteiger partial charge in [-0.15, -0.1) is 0 Å². The summed E-state index contributed by atoms with van der Waals surface area (Å²) >= 11 is 6.11. The number of hydrogen-bond acceptors (Lipinski definition) is 3. The molecule has 4 nitrogen and oxygen atoms in total. The maximum Gasteiger partial charge on any atom is 0.220 e. The Kier molecular flexibility index (Phi) is 7.30. The SMILES string of the molecule is CC(C)[C@H](CCNC(=O)C[C@]1(c2ccc(Cl)cc2)CCOC(C)(C)C1)c1ccco1. The molecule has 164 valence electrons. The molecule has 0 saturated carbocycles. The highest BCUT2D eigenvalue weighted by Gasteiger charge is 2.43. The molecular formula is C25H34ClNO3. The minimum Gasteiger partial charge on any atom is -0.469 e. The number of rotatable bonds is 8. The van der Waals surface area contributed by atoms with Gasteiger partial charge in [0.25, 0.3) is 0 Å². The van der Waals surface area contributed by atoms with Crippen molar-refractivity contribution >= 4 is 17.5 Å². The van der Waals surface area contributed by atoms with Crippen LogP contribution >= 0.6 is 11.6 Å².